The number of carbonyl (C=O) groups excluding carboxylic acids is 1. The third-order valence-corrected chi connectivity index (χ3v) is 2.68. The zero-order valence-electron chi connectivity index (χ0n) is 9.14. The first-order chi connectivity index (χ1) is 8.00. The van der Waals surface area contributed by atoms with Crippen molar-refractivity contribution >= 4 is 28.9 Å². The van der Waals surface area contributed by atoms with Gasteiger partial charge in [-0.1, -0.05) is 30.0 Å². The SMILES string of the molecule is CC(=O)SCC=Cc1ccc(F)c(C(=O)O)c1. The fraction of sp³-hybridized carbons (Fsp3) is 0.167. The van der Waals surface area contributed by atoms with E-state index in [0.717, 1.165) is 17.8 Å². The molecule has 0 aliphatic rings. The van der Waals surface area contributed by atoms with Gasteiger partial charge in [0.15, 0.2) is 5.12 Å². The van der Waals surface area contributed by atoms with Crippen molar-refractivity contribution in [1.82, 2.24) is 0 Å². The van der Waals surface area contributed by atoms with Gasteiger partial charge in [-0.3, -0.25) is 4.79 Å². The maximum absolute atomic E-state index is 13.1. The standard InChI is InChI=1S/C12H11FO3S/c1-8(14)17-6-2-3-9-4-5-11(13)10(7-9)12(15)16/h2-5,7H,6H2,1H3,(H,15,16). The average Bonchev–Trinajstić information content (AvgIpc) is 2.25. The molecular formula is C12H11FO3S. The molecule has 0 saturated carbocycles. The molecule has 5 heteroatoms. The van der Waals surface area contributed by atoms with Gasteiger partial charge in [-0.05, 0) is 17.7 Å². The van der Waals surface area contributed by atoms with Crippen molar-refractivity contribution in [3.05, 3.63) is 41.2 Å². The van der Waals surface area contributed by atoms with Crippen molar-refractivity contribution in [2.75, 3.05) is 5.75 Å². The molecule has 0 atom stereocenters. The van der Waals surface area contributed by atoms with E-state index in [1.807, 2.05) is 0 Å². The van der Waals surface area contributed by atoms with Crippen molar-refractivity contribution in [2.45, 2.75) is 6.92 Å². The molecule has 1 N–H and O–H groups in total. The Morgan fingerprint density at radius 1 is 1.47 bits per heavy atom. The van der Waals surface area contributed by atoms with Gasteiger partial charge in [-0.2, -0.15) is 0 Å². The van der Waals surface area contributed by atoms with Gasteiger partial charge in [-0.25, -0.2) is 9.18 Å². The van der Waals surface area contributed by atoms with Crippen LogP contribution >= 0.6 is 11.8 Å². The molecule has 0 aliphatic carbocycles. The molecule has 1 aromatic rings. The summed E-state index contributed by atoms with van der Waals surface area (Å²) in [4.78, 5) is 21.3. The highest BCUT2D eigenvalue weighted by molar-refractivity contribution is 8.13. The van der Waals surface area contributed by atoms with Gasteiger partial charge in [0.25, 0.3) is 0 Å². The lowest BCUT2D eigenvalue weighted by Crippen LogP contribution is -2.00. The number of carboxylic acid groups (broad SMARTS) is 1. The number of thioether (sulfide) groups is 1. The van der Waals surface area contributed by atoms with E-state index >= 15 is 0 Å². The van der Waals surface area contributed by atoms with E-state index in [9.17, 15) is 14.0 Å². The summed E-state index contributed by atoms with van der Waals surface area (Å²) in [6.07, 6.45) is 3.38. The van der Waals surface area contributed by atoms with Crippen molar-refractivity contribution < 1.29 is 19.1 Å². The van der Waals surface area contributed by atoms with E-state index in [0.29, 0.717) is 11.3 Å². The summed E-state index contributed by atoms with van der Waals surface area (Å²) < 4.78 is 13.1. The molecule has 0 aliphatic heterocycles. The van der Waals surface area contributed by atoms with Gasteiger partial charge >= 0.3 is 5.97 Å². The molecule has 17 heavy (non-hydrogen) atoms. The minimum Gasteiger partial charge on any atom is -0.478 e. The maximum atomic E-state index is 13.1. The number of halogens is 1. The first kappa shape index (κ1) is 13.4. The van der Waals surface area contributed by atoms with Crippen molar-refractivity contribution in [1.29, 1.82) is 0 Å². The van der Waals surface area contributed by atoms with Crippen LogP contribution in [0.1, 0.15) is 22.8 Å². The second kappa shape index (κ2) is 6.20. The second-order valence-electron chi connectivity index (χ2n) is 3.25. The zero-order valence-corrected chi connectivity index (χ0v) is 9.96. The smallest absolute Gasteiger partial charge is 0.338 e. The van der Waals surface area contributed by atoms with Crippen LogP contribution in [0.4, 0.5) is 4.39 Å². The van der Waals surface area contributed by atoms with Gasteiger partial charge in [0.05, 0.1) is 5.56 Å². The van der Waals surface area contributed by atoms with Crippen LogP contribution in [0, 0.1) is 5.82 Å². The summed E-state index contributed by atoms with van der Waals surface area (Å²) in [6, 6.07) is 3.85. The highest BCUT2D eigenvalue weighted by Crippen LogP contribution is 2.12. The molecule has 0 spiro atoms. The summed E-state index contributed by atoms with van der Waals surface area (Å²) in [5, 5.41) is 8.74. The lowest BCUT2D eigenvalue weighted by atomic mass is 10.1. The minimum absolute atomic E-state index is 0.0139. The van der Waals surface area contributed by atoms with E-state index in [2.05, 4.69) is 0 Å². The molecule has 90 valence electrons. The van der Waals surface area contributed by atoms with Gasteiger partial charge in [-0.15, -0.1) is 0 Å². The van der Waals surface area contributed by atoms with Crippen LogP contribution in [0.25, 0.3) is 6.08 Å². The molecule has 0 amide bonds. The van der Waals surface area contributed by atoms with Crippen molar-refractivity contribution in [3.8, 4) is 0 Å². The van der Waals surface area contributed by atoms with E-state index in [4.69, 9.17) is 5.11 Å². The second-order valence-corrected chi connectivity index (χ2v) is 4.45. The minimum atomic E-state index is -1.30. The molecule has 0 aromatic heterocycles. The Labute approximate surface area is 102 Å². The number of benzene rings is 1. The van der Waals surface area contributed by atoms with Gasteiger partial charge < -0.3 is 5.11 Å². The normalized spacial score (nSPS) is 10.7. The monoisotopic (exact) mass is 254 g/mol. The lowest BCUT2D eigenvalue weighted by Gasteiger charge is -1.99. The Kier molecular flexibility index (Phi) is 4.90. The molecule has 1 rings (SSSR count). The van der Waals surface area contributed by atoms with E-state index in [1.165, 1.54) is 19.1 Å². The van der Waals surface area contributed by atoms with Crippen LogP contribution in [0.3, 0.4) is 0 Å². The molecule has 0 heterocycles. The fourth-order valence-electron chi connectivity index (χ4n) is 1.16. The van der Waals surface area contributed by atoms with Gasteiger partial charge in [0.1, 0.15) is 5.82 Å². The zero-order chi connectivity index (χ0) is 12.8. The number of hydrogen-bond acceptors (Lipinski definition) is 3. The molecule has 0 radical (unpaired) electrons. The molecule has 3 nitrogen and oxygen atoms in total. The third kappa shape index (κ3) is 4.40. The first-order valence-electron chi connectivity index (χ1n) is 4.83. The Bertz CT molecular complexity index is 469. The van der Waals surface area contributed by atoms with Crippen molar-refractivity contribution in [2.24, 2.45) is 0 Å². The van der Waals surface area contributed by atoms with Gasteiger partial charge in [0.2, 0.25) is 0 Å². The van der Waals surface area contributed by atoms with Crippen LogP contribution in [-0.2, 0) is 4.79 Å². The molecule has 0 fully saturated rings. The van der Waals surface area contributed by atoms with E-state index in [-0.39, 0.29) is 10.7 Å². The topological polar surface area (TPSA) is 54.4 Å². The Morgan fingerprint density at radius 3 is 2.76 bits per heavy atom. The third-order valence-electron chi connectivity index (χ3n) is 1.91. The van der Waals surface area contributed by atoms with Crippen LogP contribution in [0.5, 0.6) is 0 Å². The number of aromatic carboxylic acids is 1. The van der Waals surface area contributed by atoms with Gasteiger partial charge in [0, 0.05) is 12.7 Å². The summed E-state index contributed by atoms with van der Waals surface area (Å²) >= 11 is 1.15. The maximum Gasteiger partial charge on any atom is 0.338 e. The van der Waals surface area contributed by atoms with E-state index < -0.39 is 11.8 Å². The number of carbonyl (C=O) groups is 2. The summed E-state index contributed by atoms with van der Waals surface area (Å²) in [5.74, 6) is -1.54. The first-order valence-corrected chi connectivity index (χ1v) is 5.82. The molecule has 0 unspecified atom stereocenters. The summed E-state index contributed by atoms with van der Waals surface area (Å²) in [6.45, 7) is 1.47. The van der Waals surface area contributed by atoms with Crippen LogP contribution in [0.2, 0.25) is 0 Å². The number of rotatable bonds is 4. The highest BCUT2D eigenvalue weighted by atomic mass is 32.2. The highest BCUT2D eigenvalue weighted by Gasteiger charge is 2.09. The quantitative estimate of drug-likeness (QED) is 0.897. The number of carboxylic acids is 1. The Morgan fingerprint density at radius 2 is 2.18 bits per heavy atom. The lowest BCUT2D eigenvalue weighted by molar-refractivity contribution is -0.109. The summed E-state index contributed by atoms with van der Waals surface area (Å²) in [5.41, 5.74) is 0.235. The fourth-order valence-corrected chi connectivity index (χ4v) is 1.59. The largest absolute Gasteiger partial charge is 0.478 e. The number of hydrogen-bond donors (Lipinski definition) is 1. The predicted molar refractivity (Wildman–Crippen MR) is 65.5 cm³/mol. The van der Waals surface area contributed by atoms with Crippen LogP contribution < -0.4 is 0 Å². The average molecular weight is 254 g/mol. The molecule has 0 bridgehead atoms. The summed E-state index contributed by atoms with van der Waals surface area (Å²) in [7, 11) is 0. The van der Waals surface area contributed by atoms with Crippen LogP contribution in [0.15, 0.2) is 24.3 Å². The molecular weight excluding hydrogens is 243 g/mol. The molecule has 1 aromatic carbocycles. The van der Waals surface area contributed by atoms with Crippen LogP contribution in [-0.4, -0.2) is 21.9 Å². The predicted octanol–water partition coefficient (Wildman–Crippen LogP) is 2.82. The molecule has 0 saturated heterocycles. The van der Waals surface area contributed by atoms with Crippen molar-refractivity contribution in [3.63, 3.8) is 0 Å². The van der Waals surface area contributed by atoms with E-state index in [1.54, 1.807) is 12.2 Å². The Hall–Kier alpha value is -1.62. The Balaban J connectivity index is 2.75.